The van der Waals surface area contributed by atoms with E-state index in [9.17, 15) is 9.59 Å². The van der Waals surface area contributed by atoms with Crippen molar-refractivity contribution in [3.05, 3.63) is 88.2 Å². The smallest absolute Gasteiger partial charge is 0.407 e. The number of pyridine rings is 1. The van der Waals surface area contributed by atoms with Gasteiger partial charge in [-0.3, -0.25) is 0 Å². The largest absolute Gasteiger partial charge is 0.476 e. The topological polar surface area (TPSA) is 88.5 Å². The zero-order valence-corrected chi connectivity index (χ0v) is 17.7. The summed E-state index contributed by atoms with van der Waals surface area (Å²) in [7, 11) is 0. The number of carboxylic acid groups (broad SMARTS) is 1. The summed E-state index contributed by atoms with van der Waals surface area (Å²) in [5.41, 5.74) is 4.97. The molecule has 0 bridgehead atoms. The van der Waals surface area contributed by atoms with E-state index in [1.165, 1.54) is 23.4 Å². The van der Waals surface area contributed by atoms with Crippen molar-refractivity contribution in [2.45, 2.75) is 12.3 Å². The molecular weight excluding hydrogens is 428 g/mol. The first-order valence-electron chi connectivity index (χ1n) is 10.0. The molecule has 0 spiro atoms. The van der Waals surface area contributed by atoms with Gasteiger partial charge in [-0.05, 0) is 28.3 Å². The average Bonchev–Trinajstić information content (AvgIpc) is 3.11. The lowest BCUT2D eigenvalue weighted by Crippen LogP contribution is -2.26. The van der Waals surface area contributed by atoms with Crippen LogP contribution in [0.5, 0.6) is 0 Å². The van der Waals surface area contributed by atoms with Crippen molar-refractivity contribution >= 4 is 23.7 Å². The van der Waals surface area contributed by atoms with Gasteiger partial charge in [-0.15, -0.1) is 0 Å². The summed E-state index contributed by atoms with van der Waals surface area (Å²) in [5.74, 6) is 4.55. The van der Waals surface area contributed by atoms with Crippen LogP contribution in [-0.4, -0.2) is 35.3 Å². The van der Waals surface area contributed by atoms with E-state index >= 15 is 0 Å². The lowest BCUT2D eigenvalue weighted by molar-refractivity contribution is 0.0690. The van der Waals surface area contributed by atoms with Crippen LogP contribution in [-0.2, 0) is 4.74 Å². The summed E-state index contributed by atoms with van der Waals surface area (Å²) in [6.45, 7) is 0.573. The van der Waals surface area contributed by atoms with E-state index in [4.69, 9.17) is 21.4 Å². The molecular formula is C25H19ClN2O4. The minimum Gasteiger partial charge on any atom is -0.476 e. The Bertz CT molecular complexity index is 1200. The monoisotopic (exact) mass is 446 g/mol. The number of hydrogen-bond donors (Lipinski definition) is 2. The maximum Gasteiger partial charge on any atom is 0.407 e. The highest BCUT2D eigenvalue weighted by Gasteiger charge is 2.28. The van der Waals surface area contributed by atoms with Crippen LogP contribution in [0.25, 0.3) is 11.1 Å². The number of alkyl carbamates (subject to hydrolysis) is 1. The van der Waals surface area contributed by atoms with Crippen molar-refractivity contribution in [1.82, 2.24) is 10.3 Å². The van der Waals surface area contributed by atoms with E-state index in [1.54, 1.807) is 0 Å². The number of carbonyl (C=O) groups is 2. The van der Waals surface area contributed by atoms with E-state index < -0.39 is 12.1 Å². The molecule has 160 valence electrons. The number of aromatic carboxylic acids is 1. The zero-order valence-electron chi connectivity index (χ0n) is 17.0. The van der Waals surface area contributed by atoms with E-state index in [0.29, 0.717) is 18.5 Å². The van der Waals surface area contributed by atoms with Crippen LogP contribution in [0.15, 0.2) is 60.8 Å². The van der Waals surface area contributed by atoms with Crippen LogP contribution in [0.3, 0.4) is 0 Å². The first-order chi connectivity index (χ1) is 15.5. The van der Waals surface area contributed by atoms with Gasteiger partial charge in [0, 0.05) is 30.6 Å². The Hall–Kier alpha value is -3.82. The van der Waals surface area contributed by atoms with Crippen molar-refractivity contribution in [2.24, 2.45) is 0 Å². The first kappa shape index (κ1) is 21.4. The molecule has 3 aromatic rings. The first-order valence-corrected chi connectivity index (χ1v) is 10.4. The number of benzene rings is 2. The predicted octanol–water partition coefficient (Wildman–Crippen LogP) is 4.71. The standard InChI is InChI=1S/C25H19ClN2O4/c26-22-13-16(14-28-23(22)24(29)30)7-5-6-12-27-25(31)32-15-21-19-10-3-1-8-17(19)18-9-2-4-11-20(18)21/h1-4,8-11,13-14,21H,6,12,15H2,(H,27,31)(H,29,30). The van der Waals surface area contributed by atoms with E-state index in [2.05, 4.69) is 46.4 Å². The van der Waals surface area contributed by atoms with Crippen LogP contribution in [0.2, 0.25) is 5.02 Å². The normalized spacial score (nSPS) is 11.7. The molecule has 1 heterocycles. The van der Waals surface area contributed by atoms with Gasteiger partial charge in [-0.1, -0.05) is 72.0 Å². The second kappa shape index (κ2) is 9.54. The Labute approximate surface area is 190 Å². The molecule has 1 aromatic heterocycles. The van der Waals surface area contributed by atoms with Gasteiger partial charge in [0.25, 0.3) is 0 Å². The molecule has 0 unspecified atom stereocenters. The van der Waals surface area contributed by atoms with Crippen LogP contribution >= 0.6 is 11.6 Å². The molecule has 0 radical (unpaired) electrons. The van der Waals surface area contributed by atoms with Gasteiger partial charge in [0.2, 0.25) is 0 Å². The second-order valence-electron chi connectivity index (χ2n) is 7.16. The highest BCUT2D eigenvalue weighted by atomic mass is 35.5. The van der Waals surface area contributed by atoms with Crippen LogP contribution in [0, 0.1) is 11.8 Å². The van der Waals surface area contributed by atoms with E-state index in [1.807, 2.05) is 24.3 Å². The van der Waals surface area contributed by atoms with Crippen molar-refractivity contribution in [1.29, 1.82) is 0 Å². The van der Waals surface area contributed by atoms with Crippen LogP contribution in [0.4, 0.5) is 4.79 Å². The number of fused-ring (bicyclic) bond motifs is 3. The third kappa shape index (κ3) is 4.58. The molecule has 0 atom stereocenters. The zero-order chi connectivity index (χ0) is 22.5. The maximum absolute atomic E-state index is 12.1. The summed E-state index contributed by atoms with van der Waals surface area (Å²) >= 11 is 5.87. The number of halogens is 1. The van der Waals surface area contributed by atoms with Gasteiger partial charge >= 0.3 is 12.1 Å². The average molecular weight is 447 g/mol. The van der Waals surface area contributed by atoms with Gasteiger partial charge in [-0.25, -0.2) is 14.6 Å². The fourth-order valence-corrected chi connectivity index (χ4v) is 3.95. The highest BCUT2D eigenvalue weighted by molar-refractivity contribution is 6.33. The molecule has 0 saturated heterocycles. The van der Waals surface area contributed by atoms with E-state index in [0.717, 1.165) is 11.1 Å². The molecule has 0 aliphatic heterocycles. The van der Waals surface area contributed by atoms with Crippen molar-refractivity contribution in [3.8, 4) is 23.0 Å². The summed E-state index contributed by atoms with van der Waals surface area (Å²) in [6, 6.07) is 17.8. The summed E-state index contributed by atoms with van der Waals surface area (Å²) in [6.07, 6.45) is 1.24. The molecule has 0 fully saturated rings. The van der Waals surface area contributed by atoms with Gasteiger partial charge in [0.05, 0.1) is 5.02 Å². The fraction of sp³-hybridized carbons (Fsp3) is 0.160. The van der Waals surface area contributed by atoms with Crippen molar-refractivity contribution in [3.63, 3.8) is 0 Å². The van der Waals surface area contributed by atoms with Crippen LogP contribution in [0.1, 0.15) is 39.5 Å². The number of aromatic nitrogens is 1. The van der Waals surface area contributed by atoms with Crippen LogP contribution < -0.4 is 5.32 Å². The van der Waals surface area contributed by atoms with Gasteiger partial charge < -0.3 is 15.2 Å². The van der Waals surface area contributed by atoms with Gasteiger partial charge in [0.15, 0.2) is 5.69 Å². The van der Waals surface area contributed by atoms with E-state index in [-0.39, 0.29) is 23.2 Å². The number of amides is 1. The second-order valence-corrected chi connectivity index (χ2v) is 7.57. The summed E-state index contributed by atoms with van der Waals surface area (Å²) in [4.78, 5) is 26.8. The maximum atomic E-state index is 12.1. The highest BCUT2D eigenvalue weighted by Crippen LogP contribution is 2.44. The minimum atomic E-state index is -1.19. The number of ether oxygens (including phenoxy) is 1. The molecule has 1 aliphatic carbocycles. The van der Waals surface area contributed by atoms with Gasteiger partial charge in [0.1, 0.15) is 6.61 Å². The number of carboxylic acids is 1. The quantitative estimate of drug-likeness (QED) is 0.437. The Balaban J connectivity index is 1.28. The molecule has 6 nitrogen and oxygen atoms in total. The molecule has 7 heteroatoms. The third-order valence-corrected chi connectivity index (χ3v) is 5.43. The van der Waals surface area contributed by atoms with Crippen molar-refractivity contribution < 1.29 is 19.4 Å². The molecule has 4 rings (SSSR count). The number of rotatable bonds is 5. The summed E-state index contributed by atoms with van der Waals surface area (Å²) in [5, 5.41) is 11.7. The Morgan fingerprint density at radius 2 is 1.75 bits per heavy atom. The third-order valence-electron chi connectivity index (χ3n) is 5.14. The number of hydrogen-bond acceptors (Lipinski definition) is 4. The SMILES string of the molecule is O=C(NCCC#Cc1cnc(C(=O)O)c(Cl)c1)OCC1c2ccccc2-c2ccccc21. The fourth-order valence-electron chi connectivity index (χ4n) is 3.70. The minimum absolute atomic E-state index is 0.0129. The summed E-state index contributed by atoms with van der Waals surface area (Å²) < 4.78 is 5.47. The number of nitrogens with zero attached hydrogens (tertiary/aromatic N) is 1. The molecule has 32 heavy (non-hydrogen) atoms. The number of carbonyl (C=O) groups excluding carboxylic acids is 1. The lowest BCUT2D eigenvalue weighted by atomic mass is 9.98. The molecule has 1 amide bonds. The Kier molecular flexibility index (Phi) is 6.39. The number of nitrogens with one attached hydrogen (secondary N) is 1. The molecule has 0 saturated carbocycles. The van der Waals surface area contributed by atoms with Gasteiger partial charge in [-0.2, -0.15) is 0 Å². The molecule has 1 aliphatic rings. The Morgan fingerprint density at radius 1 is 1.09 bits per heavy atom. The predicted molar refractivity (Wildman–Crippen MR) is 121 cm³/mol. The Morgan fingerprint density at radius 3 is 2.38 bits per heavy atom. The lowest BCUT2D eigenvalue weighted by Gasteiger charge is -2.14. The molecule has 2 aromatic carbocycles. The van der Waals surface area contributed by atoms with Crippen molar-refractivity contribution in [2.75, 3.05) is 13.2 Å². The molecule has 2 N–H and O–H groups in total.